The number of nitrogens with zero attached hydrogens (tertiary/aromatic N) is 3. The fraction of sp³-hybridized carbons (Fsp3) is 0.115. The fourth-order valence-electron chi connectivity index (χ4n) is 4.34. The highest BCUT2D eigenvalue weighted by molar-refractivity contribution is 5.95. The molecule has 1 aliphatic rings. The average molecular weight is 468 g/mol. The highest BCUT2D eigenvalue weighted by Crippen LogP contribution is 2.31. The van der Waals surface area contributed by atoms with Crippen LogP contribution in [0.2, 0.25) is 0 Å². The van der Waals surface area contributed by atoms with Crippen molar-refractivity contribution in [3.63, 3.8) is 0 Å². The first kappa shape index (κ1) is 20.9. The molecule has 0 radical (unpaired) electrons. The van der Waals surface area contributed by atoms with Gasteiger partial charge in [-0.3, -0.25) is 5.10 Å². The van der Waals surface area contributed by atoms with Gasteiger partial charge in [-0.2, -0.15) is 5.10 Å². The number of halogens is 1. The minimum absolute atomic E-state index is 0.181. The number of hydrogen-bond donors (Lipinski definition) is 4. The number of aromatic nitrogens is 4. The van der Waals surface area contributed by atoms with Gasteiger partial charge in [-0.15, -0.1) is 0 Å². The molecule has 174 valence electrons. The second kappa shape index (κ2) is 8.60. The summed E-state index contributed by atoms with van der Waals surface area (Å²) >= 11 is 0. The molecule has 3 aromatic heterocycles. The number of rotatable bonds is 4. The lowest BCUT2D eigenvalue weighted by molar-refractivity contribution is 0.217. The molecule has 0 saturated carbocycles. The second-order valence-corrected chi connectivity index (χ2v) is 8.44. The molecular formula is C26H22FN7O. The summed E-state index contributed by atoms with van der Waals surface area (Å²) in [6, 6.07) is 15.9. The zero-order chi connectivity index (χ0) is 23.8. The highest BCUT2D eigenvalue weighted by atomic mass is 19.1. The normalized spacial score (nSPS) is 13.7. The number of urea groups is 1. The first-order valence-corrected chi connectivity index (χ1v) is 11.3. The van der Waals surface area contributed by atoms with E-state index in [9.17, 15) is 9.18 Å². The Kier molecular flexibility index (Phi) is 5.14. The molecule has 5 aromatic rings. The molecular weight excluding hydrogens is 445 g/mol. The van der Waals surface area contributed by atoms with Crippen LogP contribution in [0.3, 0.4) is 0 Å². The maximum Gasteiger partial charge on any atom is 0.322 e. The monoisotopic (exact) mass is 467 g/mol. The first-order valence-electron chi connectivity index (χ1n) is 11.3. The van der Waals surface area contributed by atoms with Gasteiger partial charge in [0.2, 0.25) is 0 Å². The number of amides is 2. The molecule has 0 spiro atoms. The minimum Gasteiger partial charge on any atom is -0.355 e. The van der Waals surface area contributed by atoms with E-state index in [2.05, 4.69) is 36.9 Å². The van der Waals surface area contributed by atoms with E-state index in [0.29, 0.717) is 19.5 Å². The number of aromatic amines is 2. The van der Waals surface area contributed by atoms with Crippen molar-refractivity contribution in [1.29, 1.82) is 0 Å². The van der Waals surface area contributed by atoms with Gasteiger partial charge in [-0.05, 0) is 54.5 Å². The van der Waals surface area contributed by atoms with Gasteiger partial charge in [0.05, 0.1) is 23.1 Å². The van der Waals surface area contributed by atoms with Crippen LogP contribution < -0.4 is 10.6 Å². The van der Waals surface area contributed by atoms with Crippen molar-refractivity contribution in [2.75, 3.05) is 23.7 Å². The highest BCUT2D eigenvalue weighted by Gasteiger charge is 2.20. The van der Waals surface area contributed by atoms with Gasteiger partial charge >= 0.3 is 6.03 Å². The molecule has 4 N–H and O–H groups in total. The van der Waals surface area contributed by atoms with Crippen LogP contribution in [0.1, 0.15) is 12.1 Å². The zero-order valence-corrected chi connectivity index (χ0v) is 18.7. The van der Waals surface area contributed by atoms with E-state index in [-0.39, 0.29) is 11.7 Å². The number of benzene rings is 2. The van der Waals surface area contributed by atoms with Crippen molar-refractivity contribution in [3.8, 4) is 0 Å². The van der Waals surface area contributed by atoms with E-state index in [4.69, 9.17) is 0 Å². The Morgan fingerprint density at radius 2 is 2.00 bits per heavy atom. The Balaban J connectivity index is 1.20. The molecule has 0 fully saturated rings. The van der Waals surface area contributed by atoms with Crippen LogP contribution in [0.5, 0.6) is 0 Å². The van der Waals surface area contributed by atoms with Gasteiger partial charge in [0.25, 0.3) is 0 Å². The maximum atomic E-state index is 13.9. The molecule has 0 atom stereocenters. The molecule has 8 nitrogen and oxygen atoms in total. The number of H-pyrrole nitrogens is 2. The number of carbonyl (C=O) groups is 1. The summed E-state index contributed by atoms with van der Waals surface area (Å²) in [4.78, 5) is 22.1. The van der Waals surface area contributed by atoms with Crippen LogP contribution in [0.4, 0.5) is 26.2 Å². The quantitative estimate of drug-likeness (QED) is 0.275. The molecule has 0 aliphatic carbocycles. The Hall–Kier alpha value is -4.66. The minimum atomic E-state index is -0.450. The summed E-state index contributed by atoms with van der Waals surface area (Å²) in [5.41, 5.74) is 5.95. The Morgan fingerprint density at radius 1 is 1.09 bits per heavy atom. The topological polar surface area (TPSA) is 102 Å². The van der Waals surface area contributed by atoms with Crippen LogP contribution in [0, 0.1) is 5.82 Å². The van der Waals surface area contributed by atoms with Crippen molar-refractivity contribution in [2.45, 2.75) is 6.42 Å². The molecule has 2 aromatic carbocycles. The van der Waals surface area contributed by atoms with E-state index >= 15 is 0 Å². The van der Waals surface area contributed by atoms with Crippen molar-refractivity contribution in [3.05, 3.63) is 84.6 Å². The lowest BCUT2D eigenvalue weighted by atomic mass is 10.0. The average Bonchev–Trinajstić information content (AvgIpc) is 3.53. The zero-order valence-electron chi connectivity index (χ0n) is 18.7. The number of carbonyl (C=O) groups excluding carboxylic acids is 1. The number of nitrogens with one attached hydrogen (secondary N) is 4. The van der Waals surface area contributed by atoms with Crippen LogP contribution >= 0.6 is 0 Å². The third kappa shape index (κ3) is 4.08. The molecule has 1 aliphatic heterocycles. The largest absolute Gasteiger partial charge is 0.355 e. The summed E-state index contributed by atoms with van der Waals surface area (Å²) in [5, 5.41) is 15.2. The van der Waals surface area contributed by atoms with E-state index in [0.717, 1.165) is 44.6 Å². The molecule has 0 unspecified atom stereocenters. The van der Waals surface area contributed by atoms with Gasteiger partial charge in [-0.1, -0.05) is 18.2 Å². The number of para-hydroxylation sites is 1. The van der Waals surface area contributed by atoms with Gasteiger partial charge in [0, 0.05) is 41.4 Å². The van der Waals surface area contributed by atoms with Gasteiger partial charge < -0.3 is 20.5 Å². The number of fused-ring (bicyclic) bond motifs is 2. The van der Waals surface area contributed by atoms with Gasteiger partial charge in [-0.25, -0.2) is 14.2 Å². The maximum absolute atomic E-state index is 13.9. The van der Waals surface area contributed by atoms with Crippen molar-refractivity contribution < 1.29 is 9.18 Å². The van der Waals surface area contributed by atoms with Crippen LogP contribution in [0.25, 0.3) is 27.5 Å². The Bertz CT molecular complexity index is 1590. The molecule has 0 saturated heterocycles. The molecule has 35 heavy (non-hydrogen) atoms. The third-order valence-corrected chi connectivity index (χ3v) is 6.21. The lowest BCUT2D eigenvalue weighted by Gasteiger charge is -2.26. The Labute approximate surface area is 199 Å². The van der Waals surface area contributed by atoms with Crippen LogP contribution in [-0.4, -0.2) is 44.2 Å². The fourth-order valence-corrected chi connectivity index (χ4v) is 4.34. The van der Waals surface area contributed by atoms with E-state index in [1.807, 2.05) is 30.3 Å². The third-order valence-electron chi connectivity index (χ3n) is 6.21. The second-order valence-electron chi connectivity index (χ2n) is 8.44. The van der Waals surface area contributed by atoms with E-state index < -0.39 is 5.82 Å². The molecule has 0 bridgehead atoms. The molecule has 2 amide bonds. The summed E-state index contributed by atoms with van der Waals surface area (Å²) in [5.74, 6) is -0.450. The van der Waals surface area contributed by atoms with E-state index in [1.165, 1.54) is 6.07 Å². The first-order chi connectivity index (χ1) is 17.1. The van der Waals surface area contributed by atoms with Crippen molar-refractivity contribution in [1.82, 2.24) is 25.1 Å². The van der Waals surface area contributed by atoms with Crippen LogP contribution in [0.15, 0.2) is 73.1 Å². The Morgan fingerprint density at radius 3 is 2.86 bits per heavy atom. The number of hydrogen-bond acceptors (Lipinski definition) is 4. The van der Waals surface area contributed by atoms with E-state index in [1.54, 1.807) is 35.5 Å². The van der Waals surface area contributed by atoms with Crippen molar-refractivity contribution >= 4 is 50.6 Å². The van der Waals surface area contributed by atoms with Crippen molar-refractivity contribution in [2.24, 2.45) is 0 Å². The number of pyridine rings is 1. The number of anilines is 3. The lowest BCUT2D eigenvalue weighted by Crippen LogP contribution is -2.38. The van der Waals surface area contributed by atoms with Gasteiger partial charge in [0.15, 0.2) is 0 Å². The van der Waals surface area contributed by atoms with Crippen LogP contribution in [-0.2, 0) is 0 Å². The summed E-state index contributed by atoms with van der Waals surface area (Å²) in [7, 11) is 0. The molecule has 4 heterocycles. The summed E-state index contributed by atoms with van der Waals surface area (Å²) in [6.45, 7) is 0.971. The summed E-state index contributed by atoms with van der Waals surface area (Å²) in [6.07, 6.45) is 6.27. The predicted octanol–water partition coefficient (Wildman–Crippen LogP) is 5.64. The molecule has 9 heteroatoms. The standard InChI is InChI=1S/C26H22FN7O/c27-20-3-1-2-4-23(20)32-26(35)34-11-8-16(9-12-34)24-14-19-22(7-10-28-25(19)31-24)30-18-5-6-21-17(13-18)15-29-33-21/h1-8,10,13-15H,9,11-12H2,(H,29,33)(H,32,35)(H2,28,30,31). The summed E-state index contributed by atoms with van der Waals surface area (Å²) < 4.78 is 13.9. The predicted molar refractivity (Wildman–Crippen MR) is 135 cm³/mol. The molecule has 6 rings (SSSR count). The van der Waals surface area contributed by atoms with Gasteiger partial charge in [0.1, 0.15) is 11.5 Å². The SMILES string of the molecule is O=C(Nc1ccccc1F)N1CC=C(c2cc3c(Nc4ccc5[nH]ncc5c4)ccnc3[nH]2)CC1. The smallest absolute Gasteiger partial charge is 0.322 e.